The lowest BCUT2D eigenvalue weighted by Gasteiger charge is -2.50. The summed E-state index contributed by atoms with van der Waals surface area (Å²) in [7, 11) is 1.67. The Kier molecular flexibility index (Phi) is 7.68. The van der Waals surface area contributed by atoms with Crippen molar-refractivity contribution < 1.29 is 14.2 Å². The van der Waals surface area contributed by atoms with E-state index < -0.39 is 0 Å². The first-order valence-corrected chi connectivity index (χ1v) is 14.9. The summed E-state index contributed by atoms with van der Waals surface area (Å²) in [6.45, 7) is 6.13. The summed E-state index contributed by atoms with van der Waals surface area (Å²) in [6, 6.07) is 15.6. The number of aromatic nitrogens is 6. The molecule has 0 radical (unpaired) electrons. The second-order valence-corrected chi connectivity index (χ2v) is 11.5. The highest BCUT2D eigenvalue weighted by molar-refractivity contribution is 5.70. The molecule has 3 aliphatic heterocycles. The number of anilines is 3. The van der Waals surface area contributed by atoms with E-state index in [1.807, 2.05) is 25.1 Å². The average molecular weight is 595 g/mol. The second kappa shape index (κ2) is 12.1. The number of morpholine rings is 1. The van der Waals surface area contributed by atoms with Crippen LogP contribution in [-0.2, 0) is 11.3 Å². The van der Waals surface area contributed by atoms with Crippen LogP contribution in [0, 0.1) is 11.3 Å². The van der Waals surface area contributed by atoms with E-state index in [1.54, 1.807) is 30.3 Å². The Morgan fingerprint density at radius 1 is 1.02 bits per heavy atom. The van der Waals surface area contributed by atoms with Crippen LogP contribution in [0.1, 0.15) is 25.3 Å². The van der Waals surface area contributed by atoms with Gasteiger partial charge in [-0.3, -0.25) is 4.90 Å². The van der Waals surface area contributed by atoms with Crippen LogP contribution in [0.4, 0.5) is 17.3 Å². The highest BCUT2D eigenvalue weighted by Crippen LogP contribution is 2.38. The standard InChI is InChI=1S/C31H34N10O3/c1-20(14-40-19-35-37-38-40)44-29-9-21(3-4-22(29)11-32)23-12-33-31(34-13-23)36-28-8-7-24(10-30(28)42-2)39-15-27(16-39)41-25-5-6-26(41)18-43-17-25/h3-4,7-10,12-13,19-20,25-27H,5-6,14-18H2,1-2H3,(H,33,34,36). The molecule has 2 bridgehead atoms. The van der Waals surface area contributed by atoms with Gasteiger partial charge in [0, 0.05) is 60.9 Å². The summed E-state index contributed by atoms with van der Waals surface area (Å²) in [6.07, 6.45) is 7.26. The van der Waals surface area contributed by atoms with Crippen LogP contribution in [-0.4, -0.2) is 92.7 Å². The molecule has 0 spiro atoms. The maximum Gasteiger partial charge on any atom is 0.227 e. The van der Waals surface area contributed by atoms with Crippen molar-refractivity contribution in [2.75, 3.05) is 43.6 Å². The third-order valence-corrected chi connectivity index (χ3v) is 8.63. The fourth-order valence-corrected chi connectivity index (χ4v) is 6.43. The zero-order valence-electron chi connectivity index (χ0n) is 24.7. The Bertz CT molecular complexity index is 1620. The summed E-state index contributed by atoms with van der Waals surface area (Å²) in [4.78, 5) is 14.2. The van der Waals surface area contributed by atoms with Gasteiger partial charge < -0.3 is 24.4 Å². The quantitative estimate of drug-likeness (QED) is 0.288. The molecule has 2 aromatic heterocycles. The van der Waals surface area contributed by atoms with Crippen LogP contribution < -0.4 is 19.7 Å². The lowest BCUT2D eigenvalue weighted by atomic mass is 10.0. The first-order valence-electron chi connectivity index (χ1n) is 14.9. The molecule has 13 heteroatoms. The van der Waals surface area contributed by atoms with Gasteiger partial charge in [-0.1, -0.05) is 6.07 Å². The Morgan fingerprint density at radius 2 is 1.82 bits per heavy atom. The fraction of sp³-hybridized carbons (Fsp3) is 0.419. The molecule has 3 fully saturated rings. The number of hydrogen-bond acceptors (Lipinski definition) is 12. The maximum atomic E-state index is 9.60. The number of fused-ring (bicyclic) bond motifs is 2. The number of methoxy groups -OCH3 is 1. The van der Waals surface area contributed by atoms with Gasteiger partial charge in [-0.05, 0) is 60.0 Å². The SMILES string of the molecule is COc1cc(N2CC(N3C4CCC3COC4)C2)ccc1Nc1ncc(-c2ccc(C#N)c(OC(C)Cn3cnnn3)c2)cn1. The molecule has 0 aliphatic carbocycles. The van der Waals surface area contributed by atoms with Gasteiger partial charge in [-0.15, -0.1) is 5.10 Å². The zero-order chi connectivity index (χ0) is 30.0. The Morgan fingerprint density at radius 3 is 2.52 bits per heavy atom. The fourth-order valence-electron chi connectivity index (χ4n) is 6.43. The van der Waals surface area contributed by atoms with Crippen LogP contribution in [0.15, 0.2) is 55.1 Å². The number of nitrogens with zero attached hydrogens (tertiary/aromatic N) is 9. The molecule has 3 unspecified atom stereocenters. The minimum absolute atomic E-state index is 0.257. The van der Waals surface area contributed by atoms with Gasteiger partial charge >= 0.3 is 0 Å². The maximum absolute atomic E-state index is 9.60. The molecular weight excluding hydrogens is 560 g/mol. The summed E-state index contributed by atoms with van der Waals surface area (Å²) in [5.41, 5.74) is 4.00. The summed E-state index contributed by atoms with van der Waals surface area (Å²) in [5.74, 6) is 1.66. The van der Waals surface area contributed by atoms with Crippen molar-refractivity contribution in [2.45, 2.75) is 50.5 Å². The molecule has 0 saturated carbocycles. The van der Waals surface area contributed by atoms with E-state index in [1.165, 1.54) is 19.2 Å². The number of rotatable bonds is 10. The van der Waals surface area contributed by atoms with E-state index in [2.05, 4.69) is 58.8 Å². The summed E-state index contributed by atoms with van der Waals surface area (Å²) >= 11 is 0. The Labute approximate surface area is 255 Å². The smallest absolute Gasteiger partial charge is 0.227 e. The molecule has 5 heterocycles. The van der Waals surface area contributed by atoms with Crippen LogP contribution in [0.2, 0.25) is 0 Å². The van der Waals surface area contributed by atoms with E-state index in [9.17, 15) is 5.26 Å². The van der Waals surface area contributed by atoms with Crippen molar-refractivity contribution in [3.8, 4) is 28.7 Å². The molecule has 3 aliphatic rings. The van der Waals surface area contributed by atoms with E-state index in [0.717, 1.165) is 54.6 Å². The van der Waals surface area contributed by atoms with Crippen molar-refractivity contribution in [2.24, 2.45) is 0 Å². The number of nitriles is 1. The second-order valence-electron chi connectivity index (χ2n) is 11.5. The molecule has 44 heavy (non-hydrogen) atoms. The van der Waals surface area contributed by atoms with Gasteiger partial charge in [0.2, 0.25) is 5.95 Å². The highest BCUT2D eigenvalue weighted by atomic mass is 16.5. The number of hydrogen-bond donors (Lipinski definition) is 1. The molecular formula is C31H34N10O3. The minimum Gasteiger partial charge on any atom is -0.494 e. The molecule has 13 nitrogen and oxygen atoms in total. The number of nitrogens with one attached hydrogen (secondary N) is 1. The Balaban J connectivity index is 0.999. The van der Waals surface area contributed by atoms with Gasteiger partial charge in [-0.25, -0.2) is 14.6 Å². The summed E-state index contributed by atoms with van der Waals surface area (Å²) in [5, 5.41) is 24.0. The lowest BCUT2D eigenvalue weighted by molar-refractivity contribution is -0.0416. The predicted molar refractivity (Wildman–Crippen MR) is 162 cm³/mol. The van der Waals surface area contributed by atoms with Crippen molar-refractivity contribution in [1.82, 2.24) is 35.1 Å². The Hall–Kier alpha value is -4.80. The van der Waals surface area contributed by atoms with Crippen LogP contribution in [0.3, 0.4) is 0 Å². The van der Waals surface area contributed by atoms with Crippen molar-refractivity contribution in [3.63, 3.8) is 0 Å². The largest absolute Gasteiger partial charge is 0.494 e. The van der Waals surface area contributed by atoms with Gasteiger partial charge in [0.05, 0.1) is 38.1 Å². The molecule has 3 atom stereocenters. The summed E-state index contributed by atoms with van der Waals surface area (Å²) < 4.78 is 19.2. The van der Waals surface area contributed by atoms with E-state index in [0.29, 0.717) is 41.9 Å². The first-order chi connectivity index (χ1) is 21.6. The minimum atomic E-state index is -0.257. The normalized spacial score (nSPS) is 20.5. The lowest BCUT2D eigenvalue weighted by Crippen LogP contribution is -2.64. The number of tetrazole rings is 1. The molecule has 1 N–H and O–H groups in total. The molecule has 2 aromatic carbocycles. The molecule has 226 valence electrons. The predicted octanol–water partition coefficient (Wildman–Crippen LogP) is 3.27. The topological polar surface area (TPSA) is 139 Å². The van der Waals surface area contributed by atoms with Crippen molar-refractivity contribution in [3.05, 3.63) is 60.7 Å². The van der Waals surface area contributed by atoms with Gasteiger partial charge in [-0.2, -0.15) is 5.26 Å². The van der Waals surface area contributed by atoms with Crippen LogP contribution in [0.5, 0.6) is 11.5 Å². The monoisotopic (exact) mass is 594 g/mol. The van der Waals surface area contributed by atoms with E-state index in [4.69, 9.17) is 14.2 Å². The van der Waals surface area contributed by atoms with E-state index in [-0.39, 0.29) is 6.10 Å². The van der Waals surface area contributed by atoms with Crippen LogP contribution in [0.25, 0.3) is 11.1 Å². The molecule has 4 aromatic rings. The molecule has 3 saturated heterocycles. The molecule has 7 rings (SSSR count). The third kappa shape index (κ3) is 5.61. The zero-order valence-corrected chi connectivity index (χ0v) is 24.7. The van der Waals surface area contributed by atoms with Gasteiger partial charge in [0.15, 0.2) is 0 Å². The average Bonchev–Trinajstić information content (AvgIpc) is 3.61. The van der Waals surface area contributed by atoms with Gasteiger partial charge in [0.25, 0.3) is 0 Å². The number of ether oxygens (including phenoxy) is 3. The van der Waals surface area contributed by atoms with Crippen molar-refractivity contribution >= 4 is 17.3 Å². The van der Waals surface area contributed by atoms with E-state index >= 15 is 0 Å². The molecule has 0 amide bonds. The first kappa shape index (κ1) is 28.0. The van der Waals surface area contributed by atoms with Crippen LogP contribution >= 0.6 is 0 Å². The highest BCUT2D eigenvalue weighted by Gasteiger charge is 2.45. The number of benzene rings is 2. The third-order valence-electron chi connectivity index (χ3n) is 8.63. The van der Waals surface area contributed by atoms with Gasteiger partial charge in [0.1, 0.15) is 30.0 Å². The van der Waals surface area contributed by atoms with Crippen molar-refractivity contribution in [1.29, 1.82) is 5.26 Å².